The van der Waals surface area contributed by atoms with E-state index in [0.29, 0.717) is 5.92 Å². The Bertz CT molecular complexity index is 478. The Morgan fingerprint density at radius 3 is 2.83 bits per heavy atom. The second-order valence-electron chi connectivity index (χ2n) is 6.13. The van der Waals surface area contributed by atoms with Crippen molar-refractivity contribution in [1.29, 1.82) is 0 Å². The summed E-state index contributed by atoms with van der Waals surface area (Å²) in [5.41, 5.74) is 1.32. The van der Waals surface area contributed by atoms with Crippen LogP contribution in [-0.2, 0) is 4.74 Å². The van der Waals surface area contributed by atoms with Crippen LogP contribution in [0.1, 0.15) is 26.7 Å². The molecule has 134 valence electrons. The summed E-state index contributed by atoms with van der Waals surface area (Å²) >= 11 is 0. The fourth-order valence-corrected chi connectivity index (χ4v) is 2.94. The van der Waals surface area contributed by atoms with Gasteiger partial charge in [-0.05, 0) is 44.7 Å². The van der Waals surface area contributed by atoms with E-state index in [1.165, 1.54) is 12.1 Å². The minimum atomic E-state index is 0.629. The summed E-state index contributed by atoms with van der Waals surface area (Å²) in [5, 5.41) is 6.72. The summed E-state index contributed by atoms with van der Waals surface area (Å²) in [4.78, 5) is 7.23. The molecule has 0 radical (unpaired) electrons. The van der Waals surface area contributed by atoms with Crippen LogP contribution in [-0.4, -0.2) is 51.9 Å². The van der Waals surface area contributed by atoms with Crippen LogP contribution >= 0.6 is 0 Å². The highest BCUT2D eigenvalue weighted by Gasteiger charge is 2.22. The number of nitrogens with zero attached hydrogens (tertiary/aromatic N) is 2. The van der Waals surface area contributed by atoms with Gasteiger partial charge in [-0.1, -0.05) is 18.2 Å². The first kappa shape index (κ1) is 18.6. The number of rotatable bonds is 9. The third-order valence-corrected chi connectivity index (χ3v) is 4.22. The average Bonchev–Trinajstić information content (AvgIpc) is 3.09. The standard InChI is InChI=1S/C19H32N4O/c1-3-20-19(21-12-8-14-24-4-2)22-15-17-11-13-23(16-17)18-9-6-5-7-10-18/h5-7,9-10,17H,3-4,8,11-16H2,1-2H3,(H2,20,21,22). The Hall–Kier alpha value is -1.75. The molecule has 24 heavy (non-hydrogen) atoms. The van der Waals surface area contributed by atoms with Crippen LogP contribution in [0.15, 0.2) is 35.3 Å². The fraction of sp³-hybridized carbons (Fsp3) is 0.632. The van der Waals surface area contributed by atoms with Crippen LogP contribution in [0.5, 0.6) is 0 Å². The number of hydrogen-bond donors (Lipinski definition) is 2. The number of hydrogen-bond acceptors (Lipinski definition) is 3. The quantitative estimate of drug-likeness (QED) is 0.414. The molecule has 0 spiro atoms. The molecule has 1 aromatic rings. The Balaban J connectivity index is 1.75. The molecule has 0 aromatic heterocycles. The largest absolute Gasteiger partial charge is 0.382 e. The maximum absolute atomic E-state index is 5.36. The smallest absolute Gasteiger partial charge is 0.191 e. The predicted molar refractivity (Wildman–Crippen MR) is 102 cm³/mol. The highest BCUT2D eigenvalue weighted by atomic mass is 16.5. The van der Waals surface area contributed by atoms with E-state index < -0.39 is 0 Å². The van der Waals surface area contributed by atoms with Gasteiger partial charge in [0.1, 0.15) is 0 Å². The summed E-state index contributed by atoms with van der Waals surface area (Å²) in [6.45, 7) is 10.6. The van der Waals surface area contributed by atoms with Gasteiger partial charge in [0.25, 0.3) is 0 Å². The number of para-hydroxylation sites is 1. The van der Waals surface area contributed by atoms with Crippen molar-refractivity contribution >= 4 is 11.6 Å². The van der Waals surface area contributed by atoms with Gasteiger partial charge in [-0.25, -0.2) is 0 Å². The number of guanidine groups is 1. The van der Waals surface area contributed by atoms with Crippen LogP contribution in [0.4, 0.5) is 5.69 Å². The molecule has 1 fully saturated rings. The van der Waals surface area contributed by atoms with Crippen LogP contribution in [0.2, 0.25) is 0 Å². The van der Waals surface area contributed by atoms with E-state index in [1.807, 2.05) is 6.92 Å². The van der Waals surface area contributed by atoms with Crippen molar-refractivity contribution in [3.63, 3.8) is 0 Å². The predicted octanol–water partition coefficient (Wildman–Crippen LogP) is 2.49. The summed E-state index contributed by atoms with van der Waals surface area (Å²) in [6, 6.07) is 10.7. The number of benzene rings is 1. The maximum atomic E-state index is 5.36. The lowest BCUT2D eigenvalue weighted by Crippen LogP contribution is -2.38. The molecular weight excluding hydrogens is 300 g/mol. The molecule has 1 unspecified atom stereocenters. The monoisotopic (exact) mass is 332 g/mol. The molecule has 1 aromatic carbocycles. The molecule has 0 aliphatic carbocycles. The van der Waals surface area contributed by atoms with E-state index in [1.54, 1.807) is 0 Å². The van der Waals surface area contributed by atoms with Crippen molar-refractivity contribution in [1.82, 2.24) is 10.6 Å². The molecule has 5 heteroatoms. The molecule has 0 amide bonds. The Labute approximate surface area is 146 Å². The van der Waals surface area contributed by atoms with Crippen molar-refractivity contribution in [2.75, 3.05) is 50.8 Å². The van der Waals surface area contributed by atoms with Gasteiger partial charge >= 0.3 is 0 Å². The molecule has 0 bridgehead atoms. The van der Waals surface area contributed by atoms with Gasteiger partial charge in [-0.2, -0.15) is 0 Å². The zero-order chi connectivity index (χ0) is 17.0. The Kier molecular flexibility index (Phi) is 8.46. The van der Waals surface area contributed by atoms with Crippen LogP contribution in [0.3, 0.4) is 0 Å². The van der Waals surface area contributed by atoms with E-state index in [-0.39, 0.29) is 0 Å². The van der Waals surface area contributed by atoms with Gasteiger partial charge in [0.05, 0.1) is 0 Å². The number of anilines is 1. The van der Waals surface area contributed by atoms with Gasteiger partial charge in [0.2, 0.25) is 0 Å². The lowest BCUT2D eigenvalue weighted by molar-refractivity contribution is 0.145. The Morgan fingerprint density at radius 2 is 2.08 bits per heavy atom. The lowest BCUT2D eigenvalue weighted by atomic mass is 10.1. The Morgan fingerprint density at radius 1 is 1.25 bits per heavy atom. The number of aliphatic imine (C=N–C) groups is 1. The topological polar surface area (TPSA) is 48.9 Å². The first-order valence-corrected chi connectivity index (χ1v) is 9.23. The number of nitrogens with one attached hydrogen (secondary N) is 2. The highest BCUT2D eigenvalue weighted by Crippen LogP contribution is 2.23. The van der Waals surface area contributed by atoms with Gasteiger partial charge in [0.15, 0.2) is 5.96 Å². The summed E-state index contributed by atoms with van der Waals surface area (Å²) in [7, 11) is 0. The minimum absolute atomic E-state index is 0.629. The second-order valence-corrected chi connectivity index (χ2v) is 6.13. The van der Waals surface area contributed by atoms with E-state index in [4.69, 9.17) is 9.73 Å². The van der Waals surface area contributed by atoms with Gasteiger partial charge in [-0.3, -0.25) is 4.99 Å². The maximum Gasteiger partial charge on any atom is 0.191 e. The second kappa shape index (κ2) is 10.9. The highest BCUT2D eigenvalue weighted by molar-refractivity contribution is 5.79. The summed E-state index contributed by atoms with van der Waals surface area (Å²) in [6.07, 6.45) is 2.21. The van der Waals surface area contributed by atoms with Gasteiger partial charge in [0, 0.05) is 51.6 Å². The van der Waals surface area contributed by atoms with E-state index >= 15 is 0 Å². The molecular formula is C19H32N4O. The molecule has 1 atom stereocenters. The molecule has 0 saturated carbocycles. The molecule has 1 aliphatic rings. The first-order valence-electron chi connectivity index (χ1n) is 9.23. The van der Waals surface area contributed by atoms with E-state index in [2.05, 4.69) is 52.8 Å². The summed E-state index contributed by atoms with van der Waals surface area (Å²) in [5.74, 6) is 1.55. The third-order valence-electron chi connectivity index (χ3n) is 4.22. The minimum Gasteiger partial charge on any atom is -0.382 e. The summed E-state index contributed by atoms with van der Waals surface area (Å²) < 4.78 is 5.36. The SMILES string of the molecule is CCNC(=NCC1CCN(c2ccccc2)C1)NCCCOCC. The van der Waals surface area contributed by atoms with Crippen molar-refractivity contribution in [2.45, 2.75) is 26.7 Å². The van der Waals surface area contributed by atoms with Crippen LogP contribution < -0.4 is 15.5 Å². The molecule has 2 rings (SSSR count). The zero-order valence-electron chi connectivity index (χ0n) is 15.1. The lowest BCUT2D eigenvalue weighted by Gasteiger charge is -2.18. The van der Waals surface area contributed by atoms with Crippen LogP contribution in [0.25, 0.3) is 0 Å². The third kappa shape index (κ3) is 6.40. The first-order chi connectivity index (χ1) is 11.8. The molecule has 2 N–H and O–H groups in total. The van der Waals surface area contributed by atoms with Crippen molar-refractivity contribution in [3.8, 4) is 0 Å². The van der Waals surface area contributed by atoms with Gasteiger partial charge in [-0.15, -0.1) is 0 Å². The number of ether oxygens (including phenoxy) is 1. The average molecular weight is 332 g/mol. The zero-order valence-corrected chi connectivity index (χ0v) is 15.1. The molecule has 5 nitrogen and oxygen atoms in total. The molecule has 1 heterocycles. The van der Waals surface area contributed by atoms with Crippen molar-refractivity contribution in [2.24, 2.45) is 10.9 Å². The molecule has 1 aliphatic heterocycles. The van der Waals surface area contributed by atoms with Crippen LogP contribution in [0, 0.1) is 5.92 Å². The van der Waals surface area contributed by atoms with Crippen molar-refractivity contribution < 1.29 is 4.74 Å². The fourth-order valence-electron chi connectivity index (χ4n) is 2.94. The normalized spacial score (nSPS) is 18.0. The van der Waals surface area contributed by atoms with E-state index in [9.17, 15) is 0 Å². The molecule has 1 saturated heterocycles. The van der Waals surface area contributed by atoms with E-state index in [0.717, 1.165) is 58.3 Å². The van der Waals surface area contributed by atoms with Gasteiger partial charge < -0.3 is 20.3 Å². The van der Waals surface area contributed by atoms with Crippen molar-refractivity contribution in [3.05, 3.63) is 30.3 Å².